The predicted octanol–water partition coefficient (Wildman–Crippen LogP) is 4.73. The molecule has 0 saturated carbocycles. The van der Waals surface area contributed by atoms with E-state index in [1.165, 1.54) is 4.31 Å². The Hall–Kier alpha value is -3.10. The first-order valence-corrected chi connectivity index (χ1v) is 13.9. The first kappa shape index (κ1) is 26.0. The third-order valence-electron chi connectivity index (χ3n) is 6.42. The van der Waals surface area contributed by atoms with Gasteiger partial charge in [-0.05, 0) is 55.0 Å². The van der Waals surface area contributed by atoms with Crippen molar-refractivity contribution in [1.29, 1.82) is 0 Å². The van der Waals surface area contributed by atoms with Gasteiger partial charge in [0, 0.05) is 36.5 Å². The summed E-state index contributed by atoms with van der Waals surface area (Å²) in [6, 6.07) is 17.3. The Morgan fingerprint density at radius 1 is 1.06 bits per heavy atom. The van der Waals surface area contributed by atoms with E-state index in [0.29, 0.717) is 28.6 Å². The van der Waals surface area contributed by atoms with Gasteiger partial charge in [-0.1, -0.05) is 54.9 Å². The van der Waals surface area contributed by atoms with Gasteiger partial charge in [0.25, 0.3) is 10.0 Å². The van der Waals surface area contributed by atoms with Crippen molar-refractivity contribution in [3.63, 3.8) is 0 Å². The lowest BCUT2D eigenvalue weighted by Crippen LogP contribution is -2.47. The zero-order valence-electron chi connectivity index (χ0n) is 20.4. The fourth-order valence-corrected chi connectivity index (χ4v) is 6.36. The van der Waals surface area contributed by atoms with Crippen LogP contribution in [-0.2, 0) is 26.2 Å². The molecule has 1 heterocycles. The van der Waals surface area contributed by atoms with Crippen LogP contribution in [0.3, 0.4) is 0 Å². The van der Waals surface area contributed by atoms with E-state index in [0.717, 1.165) is 22.8 Å². The summed E-state index contributed by atoms with van der Waals surface area (Å²) in [5, 5.41) is 5.03. The zero-order valence-corrected chi connectivity index (χ0v) is 22.0. The van der Waals surface area contributed by atoms with Crippen molar-refractivity contribution in [2.75, 3.05) is 17.4 Å². The van der Waals surface area contributed by atoms with Gasteiger partial charge in [0.05, 0.1) is 10.6 Å². The van der Waals surface area contributed by atoms with E-state index in [2.05, 4.69) is 5.32 Å². The van der Waals surface area contributed by atoms with Crippen LogP contribution in [0.5, 0.6) is 0 Å². The van der Waals surface area contributed by atoms with Crippen molar-refractivity contribution >= 4 is 49.9 Å². The van der Waals surface area contributed by atoms with Crippen molar-refractivity contribution in [2.45, 2.75) is 50.6 Å². The van der Waals surface area contributed by atoms with Crippen LogP contribution in [0.4, 0.5) is 5.69 Å². The van der Waals surface area contributed by atoms with Gasteiger partial charge < -0.3 is 10.2 Å². The second-order valence-electron chi connectivity index (χ2n) is 8.93. The summed E-state index contributed by atoms with van der Waals surface area (Å²) in [6.45, 7) is 4.63. The minimum absolute atomic E-state index is 0.108. The van der Waals surface area contributed by atoms with E-state index in [1.807, 2.05) is 37.3 Å². The standard InChI is InChI=1S/C27H30ClN3O4S/c1-3-16-29-27(33)19(2)30(18-20-12-14-22(28)15-13-20)25(32)11-6-17-31-23-9-4-7-21-8-5-10-24(26(21)23)36(31,34)35/h4-5,7-10,12-15,19H,3,6,11,16-18H2,1-2H3,(H,29,33)/t19-/m1/s1. The molecule has 0 saturated heterocycles. The van der Waals surface area contributed by atoms with Crippen LogP contribution in [0.1, 0.15) is 38.7 Å². The van der Waals surface area contributed by atoms with E-state index >= 15 is 0 Å². The molecule has 3 aromatic rings. The summed E-state index contributed by atoms with van der Waals surface area (Å²) >= 11 is 6.00. The molecule has 9 heteroatoms. The van der Waals surface area contributed by atoms with Crippen molar-refractivity contribution in [3.8, 4) is 0 Å². The smallest absolute Gasteiger partial charge is 0.265 e. The van der Waals surface area contributed by atoms with Gasteiger partial charge in [0.2, 0.25) is 11.8 Å². The summed E-state index contributed by atoms with van der Waals surface area (Å²) in [5.74, 6) is -0.431. The van der Waals surface area contributed by atoms with Crippen LogP contribution < -0.4 is 9.62 Å². The van der Waals surface area contributed by atoms with Gasteiger partial charge in [0.15, 0.2) is 0 Å². The van der Waals surface area contributed by atoms with Crippen molar-refractivity contribution in [2.24, 2.45) is 0 Å². The highest BCUT2D eigenvalue weighted by molar-refractivity contribution is 7.93. The van der Waals surface area contributed by atoms with Gasteiger partial charge >= 0.3 is 0 Å². The minimum atomic E-state index is -3.68. The van der Waals surface area contributed by atoms with Gasteiger partial charge in [-0.15, -0.1) is 0 Å². The van der Waals surface area contributed by atoms with E-state index in [4.69, 9.17) is 11.6 Å². The van der Waals surface area contributed by atoms with Crippen molar-refractivity contribution in [3.05, 3.63) is 71.2 Å². The molecule has 4 rings (SSSR count). The first-order valence-electron chi connectivity index (χ1n) is 12.1. The lowest BCUT2D eigenvalue weighted by molar-refractivity contribution is -0.140. The number of hydrogen-bond acceptors (Lipinski definition) is 4. The molecule has 1 aliphatic rings. The molecule has 7 nitrogen and oxygen atoms in total. The highest BCUT2D eigenvalue weighted by atomic mass is 35.5. The van der Waals surface area contributed by atoms with Crippen LogP contribution in [0, 0.1) is 0 Å². The number of nitrogens with zero attached hydrogens (tertiary/aromatic N) is 2. The summed E-state index contributed by atoms with van der Waals surface area (Å²) in [5.41, 5.74) is 1.49. The molecule has 0 unspecified atom stereocenters. The second-order valence-corrected chi connectivity index (χ2v) is 11.2. The van der Waals surface area contributed by atoms with Gasteiger partial charge in [-0.25, -0.2) is 8.42 Å². The number of halogens is 1. The average molecular weight is 528 g/mol. The molecule has 0 radical (unpaired) electrons. The highest BCUT2D eigenvalue weighted by Gasteiger charge is 2.35. The third-order valence-corrected chi connectivity index (χ3v) is 8.52. The number of hydrogen-bond donors (Lipinski definition) is 1. The van der Waals surface area contributed by atoms with E-state index in [9.17, 15) is 18.0 Å². The number of sulfonamides is 1. The molecule has 0 aliphatic carbocycles. The number of amides is 2. The number of anilines is 1. The number of carbonyl (C=O) groups excluding carboxylic acids is 2. The molecule has 3 aromatic carbocycles. The lowest BCUT2D eigenvalue weighted by atomic mass is 10.1. The molecule has 0 aromatic heterocycles. The topological polar surface area (TPSA) is 86.8 Å². The summed E-state index contributed by atoms with van der Waals surface area (Å²) in [7, 11) is -3.68. The van der Waals surface area contributed by atoms with Crippen molar-refractivity contribution < 1.29 is 18.0 Å². The Morgan fingerprint density at radius 3 is 2.44 bits per heavy atom. The van der Waals surface area contributed by atoms with E-state index in [-0.39, 0.29) is 31.3 Å². The van der Waals surface area contributed by atoms with E-state index in [1.54, 1.807) is 42.2 Å². The molecule has 1 aliphatic heterocycles. The van der Waals surface area contributed by atoms with Gasteiger partial charge in [-0.3, -0.25) is 13.9 Å². The Labute approximate surface area is 217 Å². The van der Waals surface area contributed by atoms with Crippen LogP contribution in [0.15, 0.2) is 65.6 Å². The molecule has 0 fully saturated rings. The van der Waals surface area contributed by atoms with Crippen LogP contribution in [0.2, 0.25) is 5.02 Å². The Morgan fingerprint density at radius 2 is 1.75 bits per heavy atom. The second kappa shape index (κ2) is 10.9. The molecule has 190 valence electrons. The third kappa shape index (κ3) is 5.20. The van der Waals surface area contributed by atoms with Gasteiger partial charge in [-0.2, -0.15) is 0 Å². The molecular formula is C27H30ClN3O4S. The molecule has 0 bridgehead atoms. The highest BCUT2D eigenvalue weighted by Crippen LogP contribution is 2.42. The van der Waals surface area contributed by atoms with Crippen LogP contribution >= 0.6 is 11.6 Å². The average Bonchev–Trinajstić information content (AvgIpc) is 3.09. The summed E-state index contributed by atoms with van der Waals surface area (Å²) in [4.78, 5) is 27.9. The Bertz CT molecular complexity index is 1370. The SMILES string of the molecule is CCCNC(=O)[C@@H](C)N(Cc1ccc(Cl)cc1)C(=O)CCCN1c2cccc3cccc(c23)S1(=O)=O. The number of carbonyl (C=O) groups is 2. The first-order chi connectivity index (χ1) is 17.2. The quantitative estimate of drug-likeness (QED) is 0.413. The maximum atomic E-state index is 13.3. The maximum absolute atomic E-state index is 13.3. The normalized spacial score (nSPS) is 14.6. The van der Waals surface area contributed by atoms with E-state index < -0.39 is 16.1 Å². The zero-order chi connectivity index (χ0) is 25.9. The number of rotatable bonds is 10. The fourth-order valence-electron chi connectivity index (χ4n) is 4.48. The monoisotopic (exact) mass is 527 g/mol. The Kier molecular flexibility index (Phi) is 7.85. The molecule has 2 amide bonds. The Balaban J connectivity index is 1.48. The van der Waals surface area contributed by atoms with Crippen LogP contribution in [-0.4, -0.2) is 44.3 Å². The summed E-state index contributed by atoms with van der Waals surface area (Å²) < 4.78 is 27.8. The lowest BCUT2D eigenvalue weighted by Gasteiger charge is -2.29. The largest absolute Gasteiger partial charge is 0.354 e. The molecule has 1 atom stereocenters. The van der Waals surface area contributed by atoms with Gasteiger partial charge in [0.1, 0.15) is 6.04 Å². The van der Waals surface area contributed by atoms with Crippen molar-refractivity contribution in [1.82, 2.24) is 10.2 Å². The number of nitrogens with one attached hydrogen (secondary N) is 1. The molecule has 36 heavy (non-hydrogen) atoms. The predicted molar refractivity (Wildman–Crippen MR) is 142 cm³/mol. The maximum Gasteiger partial charge on any atom is 0.265 e. The molecule has 1 N–H and O–H groups in total. The van der Waals surface area contributed by atoms with Crippen LogP contribution in [0.25, 0.3) is 10.8 Å². The minimum Gasteiger partial charge on any atom is -0.354 e. The molecule has 0 spiro atoms. The molecular weight excluding hydrogens is 498 g/mol. The summed E-state index contributed by atoms with van der Waals surface area (Å²) in [6.07, 6.45) is 1.23. The fraction of sp³-hybridized carbons (Fsp3) is 0.333. The number of benzene rings is 3.